The number of ketones is 1. The molecule has 3 nitrogen and oxygen atoms in total. The van der Waals surface area contributed by atoms with E-state index in [1.165, 1.54) is 16.7 Å². The summed E-state index contributed by atoms with van der Waals surface area (Å²) in [6.45, 7) is 0. The van der Waals surface area contributed by atoms with Crippen LogP contribution >= 0.6 is 0 Å². The molecule has 0 aliphatic heterocycles. The van der Waals surface area contributed by atoms with E-state index in [2.05, 4.69) is 42.5 Å². The van der Waals surface area contributed by atoms with E-state index in [0.29, 0.717) is 18.6 Å². The highest BCUT2D eigenvalue weighted by Crippen LogP contribution is 2.54. The molecular formula is C22H22O3. The van der Waals surface area contributed by atoms with Crippen molar-refractivity contribution in [1.82, 2.24) is 0 Å². The molecule has 1 saturated carbocycles. The average Bonchev–Trinajstić information content (AvgIpc) is 2.98. The van der Waals surface area contributed by atoms with Crippen LogP contribution in [-0.4, -0.2) is 20.0 Å². The van der Waals surface area contributed by atoms with Crippen LogP contribution in [0.3, 0.4) is 0 Å². The Kier molecular flexibility index (Phi) is 3.87. The number of allylic oxidation sites excluding steroid dienone is 1. The van der Waals surface area contributed by atoms with Crippen molar-refractivity contribution in [1.29, 1.82) is 0 Å². The van der Waals surface area contributed by atoms with Gasteiger partial charge in [0.1, 0.15) is 17.3 Å². The fourth-order valence-corrected chi connectivity index (χ4v) is 4.31. The Morgan fingerprint density at radius 2 is 1.56 bits per heavy atom. The van der Waals surface area contributed by atoms with Gasteiger partial charge in [-0.3, -0.25) is 4.79 Å². The molecule has 0 radical (unpaired) electrons. The summed E-state index contributed by atoms with van der Waals surface area (Å²) in [7, 11) is 3.34. The predicted molar refractivity (Wildman–Crippen MR) is 99.0 cm³/mol. The number of methoxy groups -OCH3 is 2. The van der Waals surface area contributed by atoms with E-state index in [4.69, 9.17) is 9.47 Å². The molecule has 0 unspecified atom stereocenters. The van der Waals surface area contributed by atoms with E-state index in [0.717, 1.165) is 29.9 Å². The number of ether oxygens (including phenoxy) is 2. The molecule has 4 rings (SSSR count). The third kappa shape index (κ3) is 2.55. The van der Waals surface area contributed by atoms with Crippen molar-refractivity contribution >= 4 is 17.4 Å². The molecule has 1 spiro atoms. The molecule has 0 bridgehead atoms. The van der Waals surface area contributed by atoms with Crippen LogP contribution in [0, 0.1) is 0 Å². The van der Waals surface area contributed by atoms with Crippen LogP contribution < -0.4 is 9.47 Å². The first kappa shape index (κ1) is 15.9. The normalized spacial score (nSPS) is 18.0. The first-order valence-corrected chi connectivity index (χ1v) is 8.73. The second kappa shape index (κ2) is 6.07. The van der Waals surface area contributed by atoms with Gasteiger partial charge in [0, 0.05) is 24.3 Å². The lowest BCUT2D eigenvalue weighted by Crippen LogP contribution is -2.31. The molecule has 25 heavy (non-hydrogen) atoms. The molecule has 1 fully saturated rings. The van der Waals surface area contributed by atoms with Crippen LogP contribution in [0.1, 0.15) is 42.4 Å². The van der Waals surface area contributed by atoms with Crippen molar-refractivity contribution in [3.8, 4) is 11.5 Å². The Labute approximate surface area is 148 Å². The number of carbonyl (C=O) groups is 1. The molecule has 0 atom stereocenters. The maximum Gasteiger partial charge on any atom is 0.133 e. The molecule has 128 valence electrons. The van der Waals surface area contributed by atoms with Crippen LogP contribution in [0.4, 0.5) is 0 Å². The Hall–Kier alpha value is -2.55. The fraction of sp³-hybridized carbons (Fsp3) is 0.318. The van der Waals surface area contributed by atoms with E-state index in [-0.39, 0.29) is 5.41 Å². The predicted octanol–water partition coefficient (Wildman–Crippen LogP) is 4.64. The lowest BCUT2D eigenvalue weighted by atomic mass is 9.65. The zero-order chi connectivity index (χ0) is 17.4. The van der Waals surface area contributed by atoms with Gasteiger partial charge in [-0.1, -0.05) is 24.3 Å². The SMILES string of the molecule is COc1cc(OC)cc(C2=Cc3ccccc3C23CCC(=O)CC3)c1. The molecule has 0 amide bonds. The highest BCUT2D eigenvalue weighted by Gasteiger charge is 2.44. The van der Waals surface area contributed by atoms with Gasteiger partial charge in [0.15, 0.2) is 0 Å². The quantitative estimate of drug-likeness (QED) is 0.820. The van der Waals surface area contributed by atoms with Crippen molar-refractivity contribution in [2.45, 2.75) is 31.1 Å². The molecule has 2 aliphatic carbocycles. The Bertz CT molecular complexity index is 831. The van der Waals surface area contributed by atoms with Gasteiger partial charge in [-0.25, -0.2) is 0 Å². The molecule has 0 heterocycles. The summed E-state index contributed by atoms with van der Waals surface area (Å²) >= 11 is 0. The highest BCUT2D eigenvalue weighted by molar-refractivity contribution is 5.96. The lowest BCUT2D eigenvalue weighted by Gasteiger charge is -2.37. The van der Waals surface area contributed by atoms with Crippen molar-refractivity contribution < 1.29 is 14.3 Å². The summed E-state index contributed by atoms with van der Waals surface area (Å²) in [5.74, 6) is 1.94. The van der Waals surface area contributed by atoms with Crippen molar-refractivity contribution in [3.63, 3.8) is 0 Å². The first-order chi connectivity index (χ1) is 12.2. The third-order valence-corrected chi connectivity index (χ3v) is 5.62. The van der Waals surface area contributed by atoms with Gasteiger partial charge in [-0.05, 0) is 53.3 Å². The number of hydrogen-bond donors (Lipinski definition) is 0. The summed E-state index contributed by atoms with van der Waals surface area (Å²) in [6.07, 6.45) is 5.31. The molecule has 3 heteroatoms. The molecule has 2 aromatic rings. The number of hydrogen-bond acceptors (Lipinski definition) is 3. The summed E-state index contributed by atoms with van der Waals surface area (Å²) in [5.41, 5.74) is 4.91. The smallest absolute Gasteiger partial charge is 0.133 e. The number of rotatable bonds is 3. The zero-order valence-corrected chi connectivity index (χ0v) is 14.7. The Balaban J connectivity index is 1.87. The summed E-state index contributed by atoms with van der Waals surface area (Å²) in [5, 5.41) is 0. The van der Waals surface area contributed by atoms with E-state index >= 15 is 0 Å². The van der Waals surface area contributed by atoms with Crippen LogP contribution in [-0.2, 0) is 10.2 Å². The molecule has 2 aliphatic rings. The van der Waals surface area contributed by atoms with Gasteiger partial charge in [0.2, 0.25) is 0 Å². The van der Waals surface area contributed by atoms with Gasteiger partial charge in [-0.15, -0.1) is 0 Å². The minimum Gasteiger partial charge on any atom is -0.497 e. The summed E-state index contributed by atoms with van der Waals surface area (Å²) < 4.78 is 10.9. The number of Topliss-reactive ketones (excluding diaryl/α,β-unsaturated/α-hetero) is 1. The monoisotopic (exact) mass is 334 g/mol. The minimum absolute atomic E-state index is 0.0815. The highest BCUT2D eigenvalue weighted by atomic mass is 16.5. The number of carbonyl (C=O) groups excluding carboxylic acids is 1. The van der Waals surface area contributed by atoms with Crippen LogP contribution in [0.2, 0.25) is 0 Å². The van der Waals surface area contributed by atoms with E-state index in [9.17, 15) is 4.79 Å². The standard InChI is InChI=1S/C22H22O3/c1-24-18-11-16(12-19(14-18)25-2)21-13-15-5-3-4-6-20(15)22(21)9-7-17(23)8-10-22/h3-6,11-14H,7-10H2,1-2H3. The topological polar surface area (TPSA) is 35.5 Å². The maximum absolute atomic E-state index is 11.9. The van der Waals surface area contributed by atoms with Gasteiger partial charge in [0.05, 0.1) is 14.2 Å². The van der Waals surface area contributed by atoms with Crippen LogP contribution in [0.5, 0.6) is 11.5 Å². The van der Waals surface area contributed by atoms with Crippen molar-refractivity contribution in [3.05, 3.63) is 59.2 Å². The summed E-state index contributed by atoms with van der Waals surface area (Å²) in [6, 6.07) is 14.6. The zero-order valence-electron chi connectivity index (χ0n) is 14.7. The van der Waals surface area contributed by atoms with Crippen LogP contribution in [0.15, 0.2) is 42.5 Å². The third-order valence-electron chi connectivity index (χ3n) is 5.62. The van der Waals surface area contributed by atoms with Gasteiger partial charge < -0.3 is 9.47 Å². The van der Waals surface area contributed by atoms with Crippen molar-refractivity contribution in [2.75, 3.05) is 14.2 Å². The molecule has 0 saturated heterocycles. The van der Waals surface area contributed by atoms with Crippen molar-refractivity contribution in [2.24, 2.45) is 0 Å². The average molecular weight is 334 g/mol. The van der Waals surface area contributed by atoms with E-state index in [1.807, 2.05) is 6.07 Å². The lowest BCUT2D eigenvalue weighted by molar-refractivity contribution is -0.120. The Morgan fingerprint density at radius 1 is 0.920 bits per heavy atom. The van der Waals surface area contributed by atoms with Gasteiger partial charge in [-0.2, -0.15) is 0 Å². The molecular weight excluding hydrogens is 312 g/mol. The Morgan fingerprint density at radius 3 is 2.20 bits per heavy atom. The largest absolute Gasteiger partial charge is 0.497 e. The molecule has 2 aromatic carbocycles. The maximum atomic E-state index is 11.9. The second-order valence-electron chi connectivity index (χ2n) is 6.87. The number of benzene rings is 2. The number of fused-ring (bicyclic) bond motifs is 2. The first-order valence-electron chi connectivity index (χ1n) is 8.73. The summed E-state index contributed by atoms with van der Waals surface area (Å²) in [4.78, 5) is 11.9. The van der Waals surface area contributed by atoms with Crippen LogP contribution in [0.25, 0.3) is 11.6 Å². The minimum atomic E-state index is -0.0815. The van der Waals surface area contributed by atoms with E-state index in [1.54, 1.807) is 14.2 Å². The molecule has 0 aromatic heterocycles. The van der Waals surface area contributed by atoms with E-state index < -0.39 is 0 Å². The second-order valence-corrected chi connectivity index (χ2v) is 6.87. The molecule has 0 N–H and O–H groups in total. The fourth-order valence-electron chi connectivity index (χ4n) is 4.31. The van der Waals surface area contributed by atoms with Gasteiger partial charge in [0.25, 0.3) is 0 Å². The van der Waals surface area contributed by atoms with Gasteiger partial charge >= 0.3 is 0 Å².